The molecule has 0 aromatic heterocycles. The molecule has 0 radical (unpaired) electrons. The SMILES string of the molecule is C=C/C=C\C=C\C.C=C/C=C\C=C\P(Oc1c(C)cc(C)cc1-c1cc(C)cc(C)c1OP(OC)Oc1ccccc1C)c1ccccc1. The second kappa shape index (κ2) is 20.8. The lowest BCUT2D eigenvalue weighted by Crippen LogP contribution is -2.05. The maximum atomic E-state index is 6.94. The van der Waals surface area contributed by atoms with Gasteiger partial charge in [-0.1, -0.05) is 129 Å². The average molecular weight is 691 g/mol. The third kappa shape index (κ3) is 12.2. The molecule has 0 bridgehead atoms. The zero-order valence-corrected chi connectivity index (χ0v) is 31.5. The van der Waals surface area contributed by atoms with Crippen LogP contribution in [0.25, 0.3) is 11.1 Å². The molecule has 0 N–H and O–H groups in total. The summed E-state index contributed by atoms with van der Waals surface area (Å²) in [5, 5.41) is 1.12. The topological polar surface area (TPSA) is 36.9 Å². The fraction of sp³-hybridized carbons (Fsp3) is 0.163. The molecule has 0 aliphatic rings. The number of allylic oxidation sites excluding steroid dienone is 9. The second-order valence-corrected chi connectivity index (χ2v) is 14.0. The molecule has 0 spiro atoms. The molecule has 4 aromatic carbocycles. The smallest absolute Gasteiger partial charge is 0.462 e. The van der Waals surface area contributed by atoms with Gasteiger partial charge in [-0.25, -0.2) is 0 Å². The van der Waals surface area contributed by atoms with E-state index in [2.05, 4.69) is 83.1 Å². The minimum Gasteiger partial charge on any atom is -0.464 e. The minimum atomic E-state index is -1.71. The molecule has 0 heterocycles. The lowest BCUT2D eigenvalue weighted by molar-refractivity contribution is 0.322. The van der Waals surface area contributed by atoms with Gasteiger partial charge in [0.25, 0.3) is 0 Å². The van der Waals surface area contributed by atoms with Gasteiger partial charge in [-0.2, -0.15) is 0 Å². The fourth-order valence-electron chi connectivity index (χ4n) is 4.82. The van der Waals surface area contributed by atoms with Crippen molar-refractivity contribution in [3.63, 3.8) is 0 Å². The van der Waals surface area contributed by atoms with E-state index >= 15 is 0 Å². The van der Waals surface area contributed by atoms with Crippen molar-refractivity contribution in [1.29, 1.82) is 0 Å². The van der Waals surface area contributed by atoms with Gasteiger partial charge < -0.3 is 13.6 Å². The van der Waals surface area contributed by atoms with Crippen LogP contribution in [0.3, 0.4) is 0 Å². The molecule has 0 fully saturated rings. The maximum Gasteiger partial charge on any atom is 0.462 e. The quantitative estimate of drug-likeness (QED) is 0.0975. The number of rotatable bonds is 14. The van der Waals surface area contributed by atoms with Crippen LogP contribution in [-0.2, 0) is 4.52 Å². The third-order valence-corrected chi connectivity index (χ3v) is 9.65. The lowest BCUT2D eigenvalue weighted by atomic mass is 9.95. The Balaban J connectivity index is 0.000000838. The number of para-hydroxylation sites is 1. The zero-order chi connectivity index (χ0) is 35.6. The zero-order valence-electron chi connectivity index (χ0n) is 29.7. The van der Waals surface area contributed by atoms with E-state index in [9.17, 15) is 0 Å². The highest BCUT2D eigenvalue weighted by Crippen LogP contribution is 2.51. The van der Waals surface area contributed by atoms with Crippen LogP contribution >= 0.6 is 16.8 Å². The predicted molar refractivity (Wildman–Crippen MR) is 213 cm³/mol. The molecule has 4 aromatic rings. The first-order chi connectivity index (χ1) is 23.7. The summed E-state index contributed by atoms with van der Waals surface area (Å²) >= 11 is 0. The maximum absolute atomic E-state index is 6.94. The van der Waals surface area contributed by atoms with Gasteiger partial charge in [0.2, 0.25) is 0 Å². The van der Waals surface area contributed by atoms with E-state index in [0.29, 0.717) is 5.75 Å². The Morgan fingerprint density at radius 1 is 0.571 bits per heavy atom. The molecule has 0 amide bonds. The summed E-state index contributed by atoms with van der Waals surface area (Å²) in [4.78, 5) is 0. The molecule has 4 rings (SSSR count). The van der Waals surface area contributed by atoms with Gasteiger partial charge in [0.1, 0.15) is 25.4 Å². The number of benzene rings is 4. The van der Waals surface area contributed by atoms with Crippen molar-refractivity contribution in [3.8, 4) is 28.4 Å². The Kier molecular flexibility index (Phi) is 16.6. The first-order valence-corrected chi connectivity index (χ1v) is 18.5. The van der Waals surface area contributed by atoms with Crippen molar-refractivity contribution in [2.24, 2.45) is 0 Å². The van der Waals surface area contributed by atoms with Crippen molar-refractivity contribution in [2.45, 2.75) is 41.5 Å². The van der Waals surface area contributed by atoms with E-state index in [1.807, 2.05) is 98.8 Å². The largest absolute Gasteiger partial charge is 0.464 e. The van der Waals surface area contributed by atoms with Crippen LogP contribution in [0.1, 0.15) is 34.7 Å². The molecule has 6 heteroatoms. The minimum absolute atomic E-state index is 0.713. The molecule has 0 saturated carbocycles. The van der Waals surface area contributed by atoms with E-state index in [1.54, 1.807) is 19.3 Å². The summed E-state index contributed by atoms with van der Waals surface area (Å²) < 4.78 is 25.4. The van der Waals surface area contributed by atoms with Crippen LogP contribution in [-0.4, -0.2) is 7.11 Å². The van der Waals surface area contributed by atoms with Crippen molar-refractivity contribution in [2.75, 3.05) is 7.11 Å². The van der Waals surface area contributed by atoms with Crippen molar-refractivity contribution < 1.29 is 18.1 Å². The lowest BCUT2D eigenvalue weighted by Gasteiger charge is -2.24. The van der Waals surface area contributed by atoms with Crippen LogP contribution in [0.5, 0.6) is 17.2 Å². The molecule has 49 heavy (non-hydrogen) atoms. The van der Waals surface area contributed by atoms with Crippen LogP contribution in [0.15, 0.2) is 153 Å². The Bertz CT molecular complexity index is 1790. The molecule has 2 atom stereocenters. The van der Waals surface area contributed by atoms with Gasteiger partial charge in [0, 0.05) is 23.5 Å². The van der Waals surface area contributed by atoms with Crippen LogP contribution in [0, 0.1) is 34.6 Å². The highest BCUT2D eigenvalue weighted by molar-refractivity contribution is 7.64. The van der Waals surface area contributed by atoms with E-state index in [0.717, 1.165) is 55.7 Å². The van der Waals surface area contributed by atoms with E-state index in [4.69, 9.17) is 18.1 Å². The van der Waals surface area contributed by atoms with E-state index in [-0.39, 0.29) is 0 Å². The number of hydrogen-bond acceptors (Lipinski definition) is 4. The summed E-state index contributed by atoms with van der Waals surface area (Å²) in [6, 6.07) is 26.8. The summed E-state index contributed by atoms with van der Waals surface area (Å²) in [7, 11) is -1.22. The standard InChI is InChI=1S/C36H38O4P2.C7H10/c1-8-9-10-16-21-41(31-18-12-11-13-19-31)39-35-29(5)22-26(2)24-32(35)33-25-27(3)23-30(6)36(33)40-42(37-7)38-34-20-15-14-17-28(34)4;1-3-5-7-6-4-2/h8-25H,1H2,2-7H3;3-7H,1H2,2H3/b10-9-,21-16+;6-4+,7-5-. The molecule has 0 aliphatic carbocycles. The van der Waals surface area contributed by atoms with Crippen LogP contribution < -0.4 is 18.9 Å². The molecule has 2 unspecified atom stereocenters. The Hall–Kier alpha value is -4.46. The first kappa shape index (κ1) is 39.0. The summed E-state index contributed by atoms with van der Waals surface area (Å²) in [5.74, 6) is 4.39. The predicted octanol–water partition coefficient (Wildman–Crippen LogP) is 12.9. The number of hydrogen-bond donors (Lipinski definition) is 0. The Morgan fingerprint density at radius 2 is 1.12 bits per heavy atom. The Morgan fingerprint density at radius 3 is 1.67 bits per heavy atom. The van der Waals surface area contributed by atoms with Crippen LogP contribution in [0.4, 0.5) is 0 Å². The molecule has 0 aliphatic heterocycles. The highest BCUT2D eigenvalue weighted by Gasteiger charge is 2.24. The van der Waals surface area contributed by atoms with Gasteiger partial charge in [0.15, 0.2) is 0 Å². The third-order valence-electron chi connectivity index (χ3n) is 7.04. The normalized spacial score (nSPS) is 12.6. The van der Waals surface area contributed by atoms with Crippen molar-refractivity contribution in [3.05, 3.63) is 180 Å². The molecule has 4 nitrogen and oxygen atoms in total. The molecular weight excluding hydrogens is 642 g/mol. The molecule has 254 valence electrons. The summed E-state index contributed by atoms with van der Waals surface area (Å²) in [6.07, 6.45) is 17.2. The van der Waals surface area contributed by atoms with Gasteiger partial charge in [-0.05, 0) is 93.4 Å². The summed E-state index contributed by atoms with van der Waals surface area (Å²) in [5.41, 5.74) is 7.23. The van der Waals surface area contributed by atoms with Gasteiger partial charge in [-0.3, -0.25) is 4.52 Å². The fourth-order valence-corrected chi connectivity index (χ4v) is 7.27. The monoisotopic (exact) mass is 690 g/mol. The van der Waals surface area contributed by atoms with Crippen molar-refractivity contribution >= 4 is 22.1 Å². The second-order valence-electron chi connectivity index (χ2n) is 11.1. The van der Waals surface area contributed by atoms with Crippen molar-refractivity contribution in [1.82, 2.24) is 0 Å². The van der Waals surface area contributed by atoms with Gasteiger partial charge in [0.05, 0.1) is 0 Å². The van der Waals surface area contributed by atoms with Crippen LogP contribution in [0.2, 0.25) is 0 Å². The van der Waals surface area contributed by atoms with E-state index in [1.165, 1.54) is 0 Å². The van der Waals surface area contributed by atoms with E-state index < -0.39 is 16.8 Å². The average Bonchev–Trinajstić information content (AvgIpc) is 3.09. The molecular formula is C43H48O4P2. The first-order valence-electron chi connectivity index (χ1n) is 16.1. The molecule has 0 saturated heterocycles. The highest BCUT2D eigenvalue weighted by atomic mass is 31.2. The Labute approximate surface area is 296 Å². The summed E-state index contributed by atoms with van der Waals surface area (Å²) in [6.45, 7) is 19.6. The number of aryl methyl sites for hydroxylation is 5. The van der Waals surface area contributed by atoms with Gasteiger partial charge in [-0.15, -0.1) is 0 Å². The van der Waals surface area contributed by atoms with Gasteiger partial charge >= 0.3 is 8.60 Å².